The zero-order valence-corrected chi connectivity index (χ0v) is 22.4. The first-order valence-electron chi connectivity index (χ1n) is 14.6. The predicted octanol–water partition coefficient (Wildman–Crippen LogP) is 8.17. The predicted molar refractivity (Wildman–Crippen MR) is 154 cm³/mol. The molecule has 0 radical (unpaired) electrons. The van der Waals surface area contributed by atoms with Crippen LogP contribution in [0, 0.1) is 34.5 Å². The molecular formula is C34H40N2O. The summed E-state index contributed by atoms with van der Waals surface area (Å²) in [5.74, 6) is 3.09. The molecule has 1 N–H and O–H groups in total. The van der Waals surface area contributed by atoms with E-state index in [9.17, 15) is 5.11 Å². The van der Waals surface area contributed by atoms with Gasteiger partial charge in [-0.05, 0) is 120 Å². The van der Waals surface area contributed by atoms with Crippen LogP contribution in [0.1, 0.15) is 77.2 Å². The van der Waals surface area contributed by atoms with Gasteiger partial charge in [0.15, 0.2) is 0 Å². The maximum atomic E-state index is 10.8. The lowest BCUT2D eigenvalue weighted by molar-refractivity contribution is -0.112. The van der Waals surface area contributed by atoms with Crippen LogP contribution in [-0.4, -0.2) is 23.1 Å². The highest BCUT2D eigenvalue weighted by Crippen LogP contribution is 2.66. The molecule has 3 heteroatoms. The Morgan fingerprint density at radius 2 is 1.51 bits per heavy atom. The summed E-state index contributed by atoms with van der Waals surface area (Å²) >= 11 is 0. The number of benzene rings is 3. The van der Waals surface area contributed by atoms with E-state index in [1.54, 1.807) is 0 Å². The summed E-state index contributed by atoms with van der Waals surface area (Å²) in [4.78, 5) is 0. The maximum Gasteiger partial charge on any atom is 0.0596 e. The van der Waals surface area contributed by atoms with Crippen LogP contribution in [0.3, 0.4) is 0 Å². The maximum absolute atomic E-state index is 10.8. The van der Waals surface area contributed by atoms with Crippen molar-refractivity contribution < 1.29 is 5.11 Å². The second-order valence-electron chi connectivity index (χ2n) is 13.1. The highest BCUT2D eigenvalue weighted by atomic mass is 16.3. The Morgan fingerprint density at radius 3 is 2.27 bits per heavy atom. The van der Waals surface area contributed by atoms with Gasteiger partial charge < -0.3 is 5.11 Å². The molecule has 0 aliphatic heterocycles. The molecule has 192 valence electrons. The normalized spacial score (nSPS) is 38.7. The Hall–Kier alpha value is -2.52. The molecule has 0 saturated heterocycles. The fraction of sp³-hybridized carbons (Fsp3) is 0.529. The van der Waals surface area contributed by atoms with Gasteiger partial charge in [0, 0.05) is 11.3 Å². The lowest BCUT2D eigenvalue weighted by Crippen LogP contribution is -2.54. The Balaban J connectivity index is 1.13. The number of fused-ring (bicyclic) bond motifs is 7. The quantitative estimate of drug-likeness (QED) is 0.219. The summed E-state index contributed by atoms with van der Waals surface area (Å²) < 4.78 is 0. The number of hydrogen-bond acceptors (Lipinski definition) is 3. The summed E-state index contributed by atoms with van der Waals surface area (Å²) in [6.07, 6.45) is 12.8. The van der Waals surface area contributed by atoms with Crippen molar-refractivity contribution in [2.75, 3.05) is 0 Å². The molecule has 7 atom stereocenters. The second kappa shape index (κ2) is 8.76. The SMILES string of the molecule is CC12CCC3C(CCC4CC(=NN=Cc5c6ccccc6cc6ccccc56)CCC43C)C1CCC2O. The summed E-state index contributed by atoms with van der Waals surface area (Å²) in [6, 6.07) is 19.5. The van der Waals surface area contributed by atoms with E-state index in [-0.39, 0.29) is 11.5 Å². The zero-order valence-electron chi connectivity index (χ0n) is 22.4. The third kappa shape index (κ3) is 3.64. The molecule has 4 aliphatic carbocycles. The molecule has 3 nitrogen and oxygen atoms in total. The molecule has 0 heterocycles. The van der Waals surface area contributed by atoms with Crippen LogP contribution in [-0.2, 0) is 0 Å². The molecule has 0 bridgehead atoms. The Labute approximate surface area is 221 Å². The first-order chi connectivity index (χ1) is 18.0. The first-order valence-corrected chi connectivity index (χ1v) is 14.6. The number of rotatable bonds is 2. The Bertz CT molecular complexity index is 1350. The van der Waals surface area contributed by atoms with Crippen molar-refractivity contribution in [2.45, 2.75) is 77.7 Å². The lowest BCUT2D eigenvalue weighted by atomic mass is 9.45. The number of aliphatic hydroxyl groups excluding tert-OH is 1. The van der Waals surface area contributed by atoms with Crippen molar-refractivity contribution in [1.82, 2.24) is 0 Å². The zero-order chi connectivity index (χ0) is 25.2. The molecule has 3 aromatic carbocycles. The molecule has 3 aromatic rings. The van der Waals surface area contributed by atoms with E-state index in [2.05, 4.69) is 68.4 Å². The number of nitrogens with zero attached hydrogens (tertiary/aromatic N) is 2. The van der Waals surface area contributed by atoms with Gasteiger partial charge in [0.1, 0.15) is 0 Å². The van der Waals surface area contributed by atoms with E-state index in [1.807, 2.05) is 6.21 Å². The fourth-order valence-corrected chi connectivity index (χ4v) is 9.48. The van der Waals surface area contributed by atoms with Crippen molar-refractivity contribution in [3.8, 4) is 0 Å². The summed E-state index contributed by atoms with van der Waals surface area (Å²) in [6.45, 7) is 4.99. The van der Waals surface area contributed by atoms with Gasteiger partial charge in [0.05, 0.1) is 12.3 Å². The monoisotopic (exact) mass is 492 g/mol. The highest BCUT2D eigenvalue weighted by Gasteiger charge is 2.59. The van der Waals surface area contributed by atoms with E-state index in [4.69, 9.17) is 10.2 Å². The smallest absolute Gasteiger partial charge is 0.0596 e. The Kier molecular flexibility index (Phi) is 5.59. The van der Waals surface area contributed by atoms with Gasteiger partial charge in [-0.1, -0.05) is 62.4 Å². The van der Waals surface area contributed by atoms with Crippen molar-refractivity contribution in [1.29, 1.82) is 0 Å². The molecule has 7 unspecified atom stereocenters. The molecule has 0 amide bonds. The third-order valence-electron chi connectivity index (χ3n) is 11.6. The molecule has 0 spiro atoms. The van der Waals surface area contributed by atoms with E-state index in [0.29, 0.717) is 5.41 Å². The second-order valence-corrected chi connectivity index (χ2v) is 13.1. The van der Waals surface area contributed by atoms with E-state index >= 15 is 0 Å². The summed E-state index contributed by atoms with van der Waals surface area (Å²) in [7, 11) is 0. The van der Waals surface area contributed by atoms with Crippen LogP contribution >= 0.6 is 0 Å². The molecular weight excluding hydrogens is 452 g/mol. The summed E-state index contributed by atoms with van der Waals surface area (Å²) in [5.41, 5.74) is 3.06. The number of aliphatic hydroxyl groups is 1. The molecule has 7 rings (SSSR count). The van der Waals surface area contributed by atoms with Crippen LogP contribution < -0.4 is 0 Å². The van der Waals surface area contributed by atoms with Crippen LogP contribution in [0.4, 0.5) is 0 Å². The average molecular weight is 493 g/mol. The van der Waals surface area contributed by atoms with Gasteiger partial charge in [-0.25, -0.2) is 0 Å². The average Bonchev–Trinajstić information content (AvgIpc) is 3.22. The molecule has 4 aliphatic rings. The van der Waals surface area contributed by atoms with Crippen molar-refractivity contribution >= 4 is 33.5 Å². The largest absolute Gasteiger partial charge is 0.393 e. The highest BCUT2D eigenvalue weighted by molar-refractivity contribution is 6.13. The summed E-state index contributed by atoms with van der Waals surface area (Å²) in [5, 5.41) is 25.3. The molecule has 0 aromatic heterocycles. The van der Waals surface area contributed by atoms with Gasteiger partial charge in [-0.15, -0.1) is 0 Å². The lowest BCUT2D eigenvalue weighted by Gasteiger charge is -2.60. The molecule has 37 heavy (non-hydrogen) atoms. The van der Waals surface area contributed by atoms with Gasteiger partial charge in [0.25, 0.3) is 0 Å². The van der Waals surface area contributed by atoms with Gasteiger partial charge >= 0.3 is 0 Å². The minimum absolute atomic E-state index is 0.0780. The first kappa shape index (κ1) is 23.6. The molecule has 4 fully saturated rings. The van der Waals surface area contributed by atoms with Gasteiger partial charge in [0.2, 0.25) is 0 Å². The topological polar surface area (TPSA) is 45.0 Å². The van der Waals surface area contributed by atoms with E-state index < -0.39 is 0 Å². The van der Waals surface area contributed by atoms with Crippen molar-refractivity contribution in [2.24, 2.45) is 44.7 Å². The molecule has 4 saturated carbocycles. The fourth-order valence-electron chi connectivity index (χ4n) is 9.48. The van der Waals surface area contributed by atoms with E-state index in [0.717, 1.165) is 42.9 Å². The standard InChI is InChI=1S/C34H40N2O/c1-33-17-15-25(20-24(33)11-12-28-30-13-14-32(37)34(30,2)18-16-31(28)33)36-35-21-29-26-9-5-3-7-22(26)19-23-8-4-6-10-27(23)29/h3-10,19,21,24,28,30-32,37H,11-18,20H2,1-2H3. The van der Waals surface area contributed by atoms with Gasteiger partial charge in [-0.3, -0.25) is 0 Å². The minimum Gasteiger partial charge on any atom is -0.393 e. The van der Waals surface area contributed by atoms with Crippen LogP contribution in [0.2, 0.25) is 0 Å². The minimum atomic E-state index is -0.0780. The number of hydrogen-bond donors (Lipinski definition) is 1. The van der Waals surface area contributed by atoms with E-state index in [1.165, 1.54) is 71.3 Å². The van der Waals surface area contributed by atoms with Crippen LogP contribution in [0.15, 0.2) is 64.8 Å². The van der Waals surface area contributed by atoms with Crippen LogP contribution in [0.5, 0.6) is 0 Å². The van der Waals surface area contributed by atoms with Crippen molar-refractivity contribution in [3.63, 3.8) is 0 Å². The van der Waals surface area contributed by atoms with Crippen molar-refractivity contribution in [3.05, 3.63) is 60.2 Å². The third-order valence-corrected chi connectivity index (χ3v) is 11.6. The van der Waals surface area contributed by atoms with Crippen LogP contribution in [0.25, 0.3) is 21.5 Å². The van der Waals surface area contributed by atoms with Gasteiger partial charge in [-0.2, -0.15) is 10.2 Å². The Morgan fingerprint density at radius 1 is 0.811 bits per heavy atom.